The van der Waals surface area contributed by atoms with Gasteiger partial charge >= 0.3 is 0 Å². The van der Waals surface area contributed by atoms with Gasteiger partial charge in [0.25, 0.3) is 11.8 Å². The summed E-state index contributed by atoms with van der Waals surface area (Å²) in [5.74, 6) is -0.774. The number of amides is 3. The van der Waals surface area contributed by atoms with E-state index in [1.165, 1.54) is 10.7 Å². The van der Waals surface area contributed by atoms with Crippen LogP contribution in [0.1, 0.15) is 72.5 Å². The van der Waals surface area contributed by atoms with Crippen molar-refractivity contribution in [1.82, 2.24) is 25.3 Å². The highest BCUT2D eigenvalue weighted by molar-refractivity contribution is 6.30. The van der Waals surface area contributed by atoms with E-state index in [1.54, 1.807) is 11.8 Å². The molecule has 34 heavy (non-hydrogen) atoms. The van der Waals surface area contributed by atoms with Crippen molar-refractivity contribution in [3.63, 3.8) is 0 Å². The lowest BCUT2D eigenvalue weighted by Crippen LogP contribution is -2.65. The Kier molecular flexibility index (Phi) is 7.26. The van der Waals surface area contributed by atoms with Crippen LogP contribution in [0.15, 0.2) is 30.3 Å². The van der Waals surface area contributed by atoms with Gasteiger partial charge in [-0.3, -0.25) is 19.1 Å². The van der Waals surface area contributed by atoms with Gasteiger partial charge in [0, 0.05) is 30.2 Å². The Morgan fingerprint density at radius 2 is 1.91 bits per heavy atom. The Bertz CT molecular complexity index is 1060. The summed E-state index contributed by atoms with van der Waals surface area (Å²) < 4.78 is 1.51. The summed E-state index contributed by atoms with van der Waals surface area (Å²) in [6.45, 7) is 4.88. The summed E-state index contributed by atoms with van der Waals surface area (Å²) in [5.41, 5.74) is 0.513. The highest BCUT2D eigenvalue weighted by Gasteiger charge is 2.48. The van der Waals surface area contributed by atoms with Crippen molar-refractivity contribution < 1.29 is 14.4 Å². The van der Waals surface area contributed by atoms with Crippen molar-refractivity contribution in [1.29, 1.82) is 0 Å². The number of aromatic nitrogens is 2. The van der Waals surface area contributed by atoms with Crippen LogP contribution in [0.2, 0.25) is 5.02 Å². The van der Waals surface area contributed by atoms with Gasteiger partial charge in [-0.2, -0.15) is 5.10 Å². The largest absolute Gasteiger partial charge is 0.351 e. The number of hydrogen-bond donors (Lipinski definition) is 2. The van der Waals surface area contributed by atoms with Crippen LogP contribution in [0.4, 0.5) is 0 Å². The Morgan fingerprint density at radius 3 is 2.59 bits per heavy atom. The lowest BCUT2D eigenvalue weighted by atomic mass is 9.94. The number of hydrogen-bond acceptors (Lipinski definition) is 4. The Balaban J connectivity index is 1.47. The molecule has 2 N–H and O–H groups in total. The molecule has 2 aliphatic rings. The van der Waals surface area contributed by atoms with Crippen LogP contribution in [0.5, 0.6) is 0 Å². The number of nitrogens with one attached hydrogen (secondary N) is 2. The van der Waals surface area contributed by atoms with Crippen LogP contribution >= 0.6 is 11.6 Å². The summed E-state index contributed by atoms with van der Waals surface area (Å²) in [4.78, 5) is 41.1. The first-order valence-corrected chi connectivity index (χ1v) is 12.4. The smallest absolute Gasteiger partial charge is 0.273 e. The molecule has 1 saturated carbocycles. The lowest BCUT2D eigenvalue weighted by Gasteiger charge is -2.43. The van der Waals surface area contributed by atoms with Gasteiger partial charge in [-0.05, 0) is 50.3 Å². The Hall–Kier alpha value is -2.87. The normalized spacial score (nSPS) is 20.3. The molecule has 0 bridgehead atoms. The minimum atomic E-state index is -1.06. The number of carbonyl (C=O) groups is 3. The van der Waals surface area contributed by atoms with E-state index in [9.17, 15) is 14.4 Å². The third-order valence-electron chi connectivity index (χ3n) is 6.77. The van der Waals surface area contributed by atoms with E-state index >= 15 is 0 Å². The van der Waals surface area contributed by atoms with E-state index in [4.69, 9.17) is 11.6 Å². The lowest BCUT2D eigenvalue weighted by molar-refractivity contribution is -0.133. The molecule has 2 heterocycles. The zero-order valence-electron chi connectivity index (χ0n) is 19.8. The second-order valence-electron chi connectivity index (χ2n) is 9.39. The van der Waals surface area contributed by atoms with Gasteiger partial charge in [-0.25, -0.2) is 0 Å². The van der Waals surface area contributed by atoms with E-state index in [0.717, 1.165) is 37.7 Å². The van der Waals surface area contributed by atoms with Gasteiger partial charge in [0.2, 0.25) is 5.91 Å². The van der Waals surface area contributed by atoms with E-state index < -0.39 is 5.54 Å². The second-order valence-corrected chi connectivity index (χ2v) is 9.83. The quantitative estimate of drug-likeness (QED) is 0.600. The molecule has 3 amide bonds. The number of halogens is 1. The second kappa shape index (κ2) is 10.2. The van der Waals surface area contributed by atoms with Gasteiger partial charge in [0.05, 0.1) is 6.54 Å². The average Bonchev–Trinajstić information content (AvgIpc) is 3.48. The molecule has 1 aromatic heterocycles. The van der Waals surface area contributed by atoms with E-state index in [-0.39, 0.29) is 36.0 Å². The van der Waals surface area contributed by atoms with Crippen molar-refractivity contribution in [3.05, 3.63) is 52.3 Å². The molecule has 1 unspecified atom stereocenters. The van der Waals surface area contributed by atoms with Crippen molar-refractivity contribution in [2.45, 2.75) is 70.5 Å². The molecule has 182 valence electrons. The maximum atomic E-state index is 13.4. The Labute approximate surface area is 205 Å². The van der Waals surface area contributed by atoms with Crippen LogP contribution in [0.3, 0.4) is 0 Å². The first-order valence-electron chi connectivity index (χ1n) is 12.0. The molecular formula is C25H32ClN5O3. The van der Waals surface area contributed by atoms with Crippen LogP contribution < -0.4 is 10.6 Å². The van der Waals surface area contributed by atoms with Gasteiger partial charge in [-0.1, -0.05) is 43.5 Å². The molecule has 0 saturated heterocycles. The topological polar surface area (TPSA) is 96.3 Å². The number of fused-ring (bicyclic) bond motifs is 1. The van der Waals surface area contributed by atoms with E-state index in [2.05, 4.69) is 15.7 Å². The molecule has 1 aliphatic carbocycles. The van der Waals surface area contributed by atoms with Crippen molar-refractivity contribution in [2.24, 2.45) is 0 Å². The molecule has 8 nitrogen and oxygen atoms in total. The minimum Gasteiger partial charge on any atom is -0.351 e. The van der Waals surface area contributed by atoms with Crippen molar-refractivity contribution in [3.8, 4) is 0 Å². The third-order valence-corrected chi connectivity index (χ3v) is 7.02. The fourth-order valence-corrected chi connectivity index (χ4v) is 4.93. The molecule has 9 heteroatoms. The first kappa shape index (κ1) is 24.3. The van der Waals surface area contributed by atoms with Crippen molar-refractivity contribution in [2.75, 3.05) is 13.1 Å². The zero-order chi connectivity index (χ0) is 24.3. The number of rotatable bonds is 8. The monoisotopic (exact) mass is 485 g/mol. The standard InChI is InChI=1S/C25H32ClN5O3/c1-3-14-30-23(33)21-15-20(22(32)27-13-12-17-8-10-18(26)11-9-17)29-31(21)16-25(30,2)24(34)28-19-6-4-5-7-19/h8-11,15,19H,3-7,12-14,16H2,1-2H3,(H,27,32)(H,28,34). The van der Waals surface area contributed by atoms with Gasteiger partial charge in [0.15, 0.2) is 5.69 Å². The summed E-state index contributed by atoms with van der Waals surface area (Å²) in [5, 5.41) is 11.1. The molecule has 2 aromatic rings. The molecule has 0 radical (unpaired) electrons. The molecule has 1 aliphatic heterocycles. The van der Waals surface area contributed by atoms with Crippen LogP contribution in [0, 0.1) is 0 Å². The fourth-order valence-electron chi connectivity index (χ4n) is 4.80. The highest BCUT2D eigenvalue weighted by atomic mass is 35.5. The molecule has 1 fully saturated rings. The van der Waals surface area contributed by atoms with Crippen molar-refractivity contribution >= 4 is 29.3 Å². The fraction of sp³-hybridized carbons (Fsp3) is 0.520. The molecule has 4 rings (SSSR count). The summed E-state index contributed by atoms with van der Waals surface area (Å²) >= 11 is 5.91. The van der Waals surface area contributed by atoms with E-state index in [0.29, 0.717) is 30.2 Å². The number of nitrogens with zero attached hydrogens (tertiary/aromatic N) is 3. The van der Waals surface area contributed by atoms with Crippen LogP contribution in [-0.2, 0) is 17.8 Å². The van der Waals surface area contributed by atoms with E-state index in [1.807, 2.05) is 31.2 Å². The maximum Gasteiger partial charge on any atom is 0.273 e. The average molecular weight is 486 g/mol. The summed E-state index contributed by atoms with van der Waals surface area (Å²) in [7, 11) is 0. The van der Waals surface area contributed by atoms with Gasteiger partial charge in [-0.15, -0.1) is 0 Å². The molecule has 0 spiro atoms. The van der Waals surface area contributed by atoms with Crippen LogP contribution in [-0.4, -0.2) is 57.1 Å². The molecular weight excluding hydrogens is 454 g/mol. The minimum absolute atomic E-state index is 0.156. The van der Waals surface area contributed by atoms with Crippen LogP contribution in [0.25, 0.3) is 0 Å². The summed E-state index contributed by atoms with van der Waals surface area (Å²) in [6, 6.07) is 9.15. The predicted octanol–water partition coefficient (Wildman–Crippen LogP) is 3.19. The third kappa shape index (κ3) is 4.97. The number of carbonyl (C=O) groups excluding carboxylic acids is 3. The first-order chi connectivity index (χ1) is 16.3. The summed E-state index contributed by atoms with van der Waals surface area (Å²) in [6.07, 6.45) is 5.54. The number of benzene rings is 1. The highest BCUT2D eigenvalue weighted by Crippen LogP contribution is 2.29. The SMILES string of the molecule is CCCN1C(=O)c2cc(C(=O)NCCc3ccc(Cl)cc3)nn2CC1(C)C(=O)NC1CCCC1. The predicted molar refractivity (Wildman–Crippen MR) is 130 cm³/mol. The zero-order valence-corrected chi connectivity index (χ0v) is 20.5. The maximum absolute atomic E-state index is 13.4. The van der Waals surface area contributed by atoms with Gasteiger partial charge in [0.1, 0.15) is 11.2 Å². The van der Waals surface area contributed by atoms with Gasteiger partial charge < -0.3 is 15.5 Å². The Morgan fingerprint density at radius 1 is 1.21 bits per heavy atom. The molecule has 1 atom stereocenters. The molecule has 1 aromatic carbocycles.